The Labute approximate surface area is 119 Å². The SMILES string of the molecule is O=C(O)C(=O)c1c(O)n(-c2ccccc2)c2ccccc12. The molecule has 0 bridgehead atoms. The fraction of sp³-hybridized carbons (Fsp3) is 0. The molecule has 2 aromatic carbocycles. The van der Waals surface area contributed by atoms with E-state index in [9.17, 15) is 14.7 Å². The van der Waals surface area contributed by atoms with Gasteiger partial charge in [0.1, 0.15) is 0 Å². The zero-order chi connectivity index (χ0) is 15.0. The Morgan fingerprint density at radius 1 is 0.905 bits per heavy atom. The van der Waals surface area contributed by atoms with Crippen molar-refractivity contribution >= 4 is 22.7 Å². The standard InChI is InChI=1S/C16H11NO4/c18-14(16(20)21)13-11-8-4-5-9-12(11)17(15(13)19)10-6-2-1-3-7-10/h1-9,19H,(H,20,21). The molecule has 0 atom stereocenters. The summed E-state index contributed by atoms with van der Waals surface area (Å²) in [7, 11) is 0. The van der Waals surface area contributed by atoms with E-state index in [2.05, 4.69) is 0 Å². The summed E-state index contributed by atoms with van der Waals surface area (Å²) in [5.74, 6) is -3.09. The molecule has 0 saturated heterocycles. The van der Waals surface area contributed by atoms with Crippen molar-refractivity contribution < 1.29 is 19.8 Å². The summed E-state index contributed by atoms with van der Waals surface area (Å²) in [6.45, 7) is 0. The minimum Gasteiger partial charge on any atom is -0.494 e. The quantitative estimate of drug-likeness (QED) is 0.571. The lowest BCUT2D eigenvalue weighted by Gasteiger charge is -2.06. The molecule has 0 radical (unpaired) electrons. The van der Waals surface area contributed by atoms with Crippen LogP contribution < -0.4 is 0 Å². The fourth-order valence-electron chi connectivity index (χ4n) is 2.40. The molecular weight excluding hydrogens is 270 g/mol. The Kier molecular flexibility index (Phi) is 2.95. The number of aliphatic carboxylic acids is 1. The van der Waals surface area contributed by atoms with E-state index >= 15 is 0 Å². The summed E-state index contributed by atoms with van der Waals surface area (Å²) in [5, 5.41) is 19.7. The molecule has 3 aromatic rings. The molecule has 1 heterocycles. The zero-order valence-electron chi connectivity index (χ0n) is 10.9. The number of Topliss-reactive ketones (excluding diaryl/α,β-unsaturated/α-hetero) is 1. The predicted molar refractivity (Wildman–Crippen MR) is 76.9 cm³/mol. The van der Waals surface area contributed by atoms with Crippen LogP contribution in [0.15, 0.2) is 54.6 Å². The second-order valence-electron chi connectivity index (χ2n) is 4.52. The van der Waals surface area contributed by atoms with Gasteiger partial charge in [-0.1, -0.05) is 36.4 Å². The van der Waals surface area contributed by atoms with Crippen LogP contribution in [0.3, 0.4) is 0 Å². The van der Waals surface area contributed by atoms with Crippen molar-refractivity contribution in [1.29, 1.82) is 0 Å². The van der Waals surface area contributed by atoms with E-state index in [1.165, 1.54) is 4.57 Å². The van der Waals surface area contributed by atoms with Crippen molar-refractivity contribution in [3.63, 3.8) is 0 Å². The van der Waals surface area contributed by atoms with Crippen LogP contribution >= 0.6 is 0 Å². The largest absolute Gasteiger partial charge is 0.494 e. The van der Waals surface area contributed by atoms with Gasteiger partial charge >= 0.3 is 5.97 Å². The van der Waals surface area contributed by atoms with Crippen molar-refractivity contribution in [3.8, 4) is 11.6 Å². The number of rotatable bonds is 3. The highest BCUT2D eigenvalue weighted by molar-refractivity contribution is 6.43. The fourth-order valence-corrected chi connectivity index (χ4v) is 2.40. The Morgan fingerprint density at radius 3 is 2.19 bits per heavy atom. The number of carbonyl (C=O) groups is 2. The molecule has 0 aliphatic heterocycles. The van der Waals surface area contributed by atoms with Crippen molar-refractivity contribution in [1.82, 2.24) is 4.57 Å². The minimum atomic E-state index is -1.60. The molecule has 0 spiro atoms. The smallest absolute Gasteiger partial charge is 0.377 e. The van der Waals surface area contributed by atoms with Gasteiger partial charge < -0.3 is 10.2 Å². The number of hydrogen-bond donors (Lipinski definition) is 2. The highest BCUT2D eigenvalue weighted by Gasteiger charge is 2.27. The summed E-state index contributed by atoms with van der Waals surface area (Å²) >= 11 is 0. The molecule has 0 amide bonds. The third kappa shape index (κ3) is 1.95. The molecule has 0 fully saturated rings. The average Bonchev–Trinajstić information content (AvgIpc) is 2.79. The van der Waals surface area contributed by atoms with Crippen LogP contribution in [0.1, 0.15) is 10.4 Å². The molecule has 0 aliphatic carbocycles. The Hall–Kier alpha value is -3.08. The number of aromatic hydroxyl groups is 1. The van der Waals surface area contributed by atoms with E-state index in [1.54, 1.807) is 48.5 Å². The number of fused-ring (bicyclic) bond motifs is 1. The van der Waals surface area contributed by atoms with Gasteiger partial charge in [0.15, 0.2) is 0 Å². The Morgan fingerprint density at radius 2 is 1.52 bits per heavy atom. The lowest BCUT2D eigenvalue weighted by molar-refractivity contribution is -0.131. The molecule has 3 rings (SSSR count). The molecular formula is C16H11NO4. The first-order valence-electron chi connectivity index (χ1n) is 6.26. The van der Waals surface area contributed by atoms with Crippen LogP contribution in [0.25, 0.3) is 16.6 Å². The molecule has 1 aromatic heterocycles. The number of aromatic nitrogens is 1. The van der Waals surface area contributed by atoms with E-state index in [1.807, 2.05) is 6.07 Å². The molecule has 0 aliphatic rings. The lowest BCUT2D eigenvalue weighted by atomic mass is 10.1. The molecule has 5 heteroatoms. The first-order chi connectivity index (χ1) is 10.1. The Bertz CT molecular complexity index is 849. The predicted octanol–water partition coefficient (Wildman–Crippen LogP) is 2.60. The van der Waals surface area contributed by atoms with Gasteiger partial charge in [-0.3, -0.25) is 9.36 Å². The maximum Gasteiger partial charge on any atom is 0.377 e. The normalized spacial score (nSPS) is 10.7. The van der Waals surface area contributed by atoms with Gasteiger partial charge in [-0.05, 0) is 18.2 Å². The van der Waals surface area contributed by atoms with Crippen LogP contribution in [0.4, 0.5) is 0 Å². The monoisotopic (exact) mass is 281 g/mol. The summed E-state index contributed by atoms with van der Waals surface area (Å²) in [4.78, 5) is 22.8. The van der Waals surface area contributed by atoms with E-state index in [-0.39, 0.29) is 11.4 Å². The maximum absolute atomic E-state index is 11.9. The number of benzene rings is 2. The number of nitrogens with zero attached hydrogens (tertiary/aromatic N) is 1. The minimum absolute atomic E-state index is 0.193. The van der Waals surface area contributed by atoms with E-state index in [0.29, 0.717) is 16.6 Å². The van der Waals surface area contributed by atoms with Gasteiger partial charge in [-0.25, -0.2) is 4.79 Å². The topological polar surface area (TPSA) is 79.5 Å². The van der Waals surface area contributed by atoms with E-state index < -0.39 is 11.8 Å². The van der Waals surface area contributed by atoms with Gasteiger partial charge in [0, 0.05) is 11.1 Å². The second kappa shape index (κ2) is 4.79. The summed E-state index contributed by atoms with van der Waals surface area (Å²) in [6.07, 6.45) is 0. The van der Waals surface area contributed by atoms with E-state index in [4.69, 9.17) is 5.11 Å². The van der Waals surface area contributed by atoms with Crippen LogP contribution in [0.5, 0.6) is 5.88 Å². The van der Waals surface area contributed by atoms with Gasteiger partial charge in [0.2, 0.25) is 5.88 Å². The zero-order valence-corrected chi connectivity index (χ0v) is 10.9. The summed E-state index contributed by atoms with van der Waals surface area (Å²) < 4.78 is 1.46. The van der Waals surface area contributed by atoms with Crippen LogP contribution in [0.2, 0.25) is 0 Å². The first kappa shape index (κ1) is 12.9. The van der Waals surface area contributed by atoms with Gasteiger partial charge in [0.05, 0.1) is 11.1 Å². The third-order valence-corrected chi connectivity index (χ3v) is 3.29. The second-order valence-corrected chi connectivity index (χ2v) is 4.52. The first-order valence-corrected chi connectivity index (χ1v) is 6.26. The number of ketones is 1. The van der Waals surface area contributed by atoms with Gasteiger partial charge in [-0.15, -0.1) is 0 Å². The van der Waals surface area contributed by atoms with Gasteiger partial charge in [-0.2, -0.15) is 0 Å². The van der Waals surface area contributed by atoms with Crippen LogP contribution in [-0.2, 0) is 4.79 Å². The molecule has 5 nitrogen and oxygen atoms in total. The lowest BCUT2D eigenvalue weighted by Crippen LogP contribution is -2.12. The number of carbonyl (C=O) groups excluding carboxylic acids is 1. The molecule has 21 heavy (non-hydrogen) atoms. The van der Waals surface area contributed by atoms with Crippen LogP contribution in [0, 0.1) is 0 Å². The van der Waals surface area contributed by atoms with Gasteiger partial charge in [0.25, 0.3) is 5.78 Å². The molecule has 0 unspecified atom stereocenters. The highest BCUT2D eigenvalue weighted by Crippen LogP contribution is 2.34. The van der Waals surface area contributed by atoms with Crippen LogP contribution in [-0.4, -0.2) is 26.5 Å². The number of para-hydroxylation sites is 2. The molecule has 104 valence electrons. The number of carboxylic acid groups (broad SMARTS) is 1. The summed E-state index contributed by atoms with van der Waals surface area (Å²) in [5.41, 5.74) is 1.03. The van der Waals surface area contributed by atoms with Crippen molar-refractivity contribution in [2.75, 3.05) is 0 Å². The number of carboxylic acids is 1. The van der Waals surface area contributed by atoms with E-state index in [0.717, 1.165) is 0 Å². The third-order valence-electron chi connectivity index (χ3n) is 3.29. The molecule has 2 N–H and O–H groups in total. The average molecular weight is 281 g/mol. The maximum atomic E-state index is 11.9. The highest BCUT2D eigenvalue weighted by atomic mass is 16.4. The number of hydrogen-bond acceptors (Lipinski definition) is 3. The molecule has 0 saturated carbocycles. The van der Waals surface area contributed by atoms with Crippen molar-refractivity contribution in [2.24, 2.45) is 0 Å². The summed E-state index contributed by atoms with van der Waals surface area (Å²) in [6, 6.07) is 15.7. The Balaban J connectivity index is 2.39. The van der Waals surface area contributed by atoms with Crippen molar-refractivity contribution in [2.45, 2.75) is 0 Å². The van der Waals surface area contributed by atoms with Crippen molar-refractivity contribution in [3.05, 3.63) is 60.2 Å².